The SMILES string of the molecule is OCc1ccc(Cl)c(-c2ccc(C(F)(F)F)cc2)n1. The summed E-state index contributed by atoms with van der Waals surface area (Å²) < 4.78 is 37.3. The Morgan fingerprint density at radius 2 is 1.68 bits per heavy atom. The van der Waals surface area contributed by atoms with E-state index in [-0.39, 0.29) is 6.61 Å². The predicted molar refractivity (Wildman–Crippen MR) is 65.6 cm³/mol. The zero-order valence-corrected chi connectivity index (χ0v) is 10.3. The fourth-order valence-corrected chi connectivity index (χ4v) is 1.80. The molecule has 2 rings (SSSR count). The van der Waals surface area contributed by atoms with E-state index in [4.69, 9.17) is 16.7 Å². The van der Waals surface area contributed by atoms with Crippen molar-refractivity contribution < 1.29 is 18.3 Å². The van der Waals surface area contributed by atoms with E-state index in [9.17, 15) is 13.2 Å². The van der Waals surface area contributed by atoms with Gasteiger partial charge in [0, 0.05) is 5.56 Å². The molecule has 19 heavy (non-hydrogen) atoms. The minimum atomic E-state index is -4.37. The molecule has 2 aromatic rings. The minimum Gasteiger partial charge on any atom is -0.390 e. The molecular formula is C13H9ClF3NO. The second kappa shape index (κ2) is 5.19. The molecule has 0 radical (unpaired) electrons. The van der Waals surface area contributed by atoms with Gasteiger partial charge in [-0.3, -0.25) is 0 Å². The number of alkyl halides is 3. The molecule has 0 atom stereocenters. The Morgan fingerprint density at radius 1 is 1.05 bits per heavy atom. The Morgan fingerprint density at radius 3 is 2.21 bits per heavy atom. The third-order valence-electron chi connectivity index (χ3n) is 2.55. The van der Waals surface area contributed by atoms with Crippen molar-refractivity contribution in [3.05, 3.63) is 52.7 Å². The molecule has 6 heteroatoms. The van der Waals surface area contributed by atoms with Crippen molar-refractivity contribution in [2.24, 2.45) is 0 Å². The van der Waals surface area contributed by atoms with Crippen LogP contribution < -0.4 is 0 Å². The smallest absolute Gasteiger partial charge is 0.390 e. The first-order valence-electron chi connectivity index (χ1n) is 5.35. The molecule has 0 unspecified atom stereocenters. The van der Waals surface area contributed by atoms with Gasteiger partial charge in [0.15, 0.2) is 0 Å². The van der Waals surface area contributed by atoms with Gasteiger partial charge in [-0.15, -0.1) is 0 Å². The first kappa shape index (κ1) is 13.8. The highest BCUT2D eigenvalue weighted by molar-refractivity contribution is 6.33. The number of aromatic nitrogens is 1. The molecule has 0 fully saturated rings. The van der Waals surface area contributed by atoms with Gasteiger partial charge in [-0.05, 0) is 24.3 Å². The van der Waals surface area contributed by atoms with E-state index in [1.165, 1.54) is 12.1 Å². The number of aliphatic hydroxyl groups is 1. The van der Waals surface area contributed by atoms with E-state index in [0.29, 0.717) is 22.0 Å². The maximum Gasteiger partial charge on any atom is 0.416 e. The van der Waals surface area contributed by atoms with Crippen LogP contribution in [0, 0.1) is 0 Å². The topological polar surface area (TPSA) is 33.1 Å². The second-order valence-corrected chi connectivity index (χ2v) is 4.27. The molecule has 0 aliphatic heterocycles. The van der Waals surface area contributed by atoms with Gasteiger partial charge in [0.05, 0.1) is 28.6 Å². The third-order valence-corrected chi connectivity index (χ3v) is 2.86. The molecule has 0 saturated carbocycles. The Labute approximate surface area is 112 Å². The van der Waals surface area contributed by atoms with Crippen LogP contribution in [0.1, 0.15) is 11.3 Å². The van der Waals surface area contributed by atoms with Crippen LogP contribution in [0.4, 0.5) is 13.2 Å². The first-order chi connectivity index (χ1) is 8.91. The summed E-state index contributed by atoms with van der Waals surface area (Å²) in [6.07, 6.45) is -4.37. The van der Waals surface area contributed by atoms with Crippen molar-refractivity contribution in [1.82, 2.24) is 4.98 Å². The number of benzene rings is 1. The van der Waals surface area contributed by atoms with Crippen LogP contribution in [-0.2, 0) is 12.8 Å². The number of nitrogens with zero attached hydrogens (tertiary/aromatic N) is 1. The highest BCUT2D eigenvalue weighted by atomic mass is 35.5. The average Bonchev–Trinajstić information content (AvgIpc) is 2.38. The molecule has 1 aromatic heterocycles. The van der Waals surface area contributed by atoms with E-state index in [1.54, 1.807) is 12.1 Å². The first-order valence-corrected chi connectivity index (χ1v) is 5.73. The van der Waals surface area contributed by atoms with Crippen molar-refractivity contribution >= 4 is 11.6 Å². The van der Waals surface area contributed by atoms with Gasteiger partial charge in [0.1, 0.15) is 0 Å². The summed E-state index contributed by atoms with van der Waals surface area (Å²) in [4.78, 5) is 4.09. The number of rotatable bonds is 2. The van der Waals surface area contributed by atoms with Gasteiger partial charge < -0.3 is 5.11 Å². The van der Waals surface area contributed by atoms with Crippen molar-refractivity contribution in [2.75, 3.05) is 0 Å². The van der Waals surface area contributed by atoms with Crippen LogP contribution in [0.15, 0.2) is 36.4 Å². The number of pyridine rings is 1. The second-order valence-electron chi connectivity index (χ2n) is 3.87. The van der Waals surface area contributed by atoms with Crippen molar-refractivity contribution in [3.8, 4) is 11.3 Å². The molecule has 0 spiro atoms. The van der Waals surface area contributed by atoms with Crippen LogP contribution in [0.3, 0.4) is 0 Å². The molecule has 0 saturated heterocycles. The van der Waals surface area contributed by atoms with E-state index in [0.717, 1.165) is 12.1 Å². The number of hydrogen-bond acceptors (Lipinski definition) is 2. The summed E-state index contributed by atoms with van der Waals surface area (Å²) in [6.45, 7) is -0.259. The van der Waals surface area contributed by atoms with Crippen LogP contribution >= 0.6 is 11.6 Å². The maximum absolute atomic E-state index is 12.4. The highest BCUT2D eigenvalue weighted by Crippen LogP contribution is 2.32. The molecule has 0 bridgehead atoms. The van der Waals surface area contributed by atoms with Gasteiger partial charge in [0.25, 0.3) is 0 Å². The van der Waals surface area contributed by atoms with Gasteiger partial charge in [-0.1, -0.05) is 23.7 Å². The van der Waals surface area contributed by atoms with Crippen molar-refractivity contribution in [1.29, 1.82) is 0 Å². The monoisotopic (exact) mass is 287 g/mol. The normalized spacial score (nSPS) is 11.6. The lowest BCUT2D eigenvalue weighted by Gasteiger charge is -2.09. The summed E-state index contributed by atoms with van der Waals surface area (Å²) in [7, 11) is 0. The van der Waals surface area contributed by atoms with E-state index in [2.05, 4.69) is 4.98 Å². The summed E-state index contributed by atoms with van der Waals surface area (Å²) in [5, 5.41) is 9.31. The molecule has 0 amide bonds. The lowest BCUT2D eigenvalue weighted by molar-refractivity contribution is -0.137. The van der Waals surface area contributed by atoms with E-state index < -0.39 is 11.7 Å². The fourth-order valence-electron chi connectivity index (χ4n) is 1.59. The Bertz CT molecular complexity index is 581. The quantitative estimate of drug-likeness (QED) is 0.908. The lowest BCUT2D eigenvalue weighted by atomic mass is 10.1. The molecule has 0 aliphatic rings. The molecule has 100 valence electrons. The van der Waals surface area contributed by atoms with Crippen LogP contribution in [0.25, 0.3) is 11.3 Å². The number of hydrogen-bond donors (Lipinski definition) is 1. The van der Waals surface area contributed by atoms with Crippen molar-refractivity contribution in [3.63, 3.8) is 0 Å². The fraction of sp³-hybridized carbons (Fsp3) is 0.154. The zero-order chi connectivity index (χ0) is 14.0. The minimum absolute atomic E-state index is 0.259. The lowest BCUT2D eigenvalue weighted by Crippen LogP contribution is -2.04. The van der Waals surface area contributed by atoms with E-state index >= 15 is 0 Å². The molecule has 1 aromatic carbocycles. The molecular weight excluding hydrogens is 279 g/mol. The van der Waals surface area contributed by atoms with Gasteiger partial charge in [0.2, 0.25) is 0 Å². The Kier molecular flexibility index (Phi) is 3.78. The van der Waals surface area contributed by atoms with E-state index in [1.807, 2.05) is 0 Å². The predicted octanol–water partition coefficient (Wildman–Crippen LogP) is 3.91. The number of aliphatic hydroxyl groups excluding tert-OH is 1. The van der Waals surface area contributed by atoms with Gasteiger partial charge in [-0.2, -0.15) is 13.2 Å². The summed E-state index contributed by atoms with van der Waals surface area (Å²) in [5.41, 5.74) is 0.486. The molecule has 2 nitrogen and oxygen atoms in total. The van der Waals surface area contributed by atoms with Crippen LogP contribution in [0.5, 0.6) is 0 Å². The summed E-state index contributed by atoms with van der Waals surface area (Å²) in [5.74, 6) is 0. The summed E-state index contributed by atoms with van der Waals surface area (Å²) >= 11 is 5.95. The van der Waals surface area contributed by atoms with Crippen LogP contribution in [0.2, 0.25) is 5.02 Å². The third kappa shape index (κ3) is 3.05. The highest BCUT2D eigenvalue weighted by Gasteiger charge is 2.30. The average molecular weight is 288 g/mol. The Balaban J connectivity index is 2.42. The van der Waals surface area contributed by atoms with Gasteiger partial charge in [-0.25, -0.2) is 4.98 Å². The molecule has 1 heterocycles. The van der Waals surface area contributed by atoms with Crippen LogP contribution in [-0.4, -0.2) is 10.1 Å². The van der Waals surface area contributed by atoms with Gasteiger partial charge >= 0.3 is 6.18 Å². The maximum atomic E-state index is 12.4. The summed E-state index contributed by atoms with van der Waals surface area (Å²) in [6, 6.07) is 7.65. The zero-order valence-electron chi connectivity index (χ0n) is 9.58. The largest absolute Gasteiger partial charge is 0.416 e. The van der Waals surface area contributed by atoms with Crippen molar-refractivity contribution in [2.45, 2.75) is 12.8 Å². The molecule has 0 aliphatic carbocycles. The number of halogens is 4. The molecule has 1 N–H and O–H groups in total. The Hall–Kier alpha value is -1.59. The standard InChI is InChI=1S/C13H9ClF3NO/c14-11-6-5-10(7-19)18-12(11)8-1-3-9(4-2-8)13(15,16)17/h1-6,19H,7H2.